The van der Waals surface area contributed by atoms with E-state index in [0.717, 1.165) is 16.9 Å². The van der Waals surface area contributed by atoms with E-state index < -0.39 is 0 Å². The molecule has 0 atom stereocenters. The van der Waals surface area contributed by atoms with Crippen LogP contribution >= 0.6 is 11.3 Å². The van der Waals surface area contributed by atoms with Crippen LogP contribution in [0.2, 0.25) is 0 Å². The van der Waals surface area contributed by atoms with Crippen molar-refractivity contribution in [3.05, 3.63) is 88.6 Å². The van der Waals surface area contributed by atoms with Gasteiger partial charge in [-0.05, 0) is 12.5 Å². The molecular weight excluding hydrogens is 358 g/mol. The summed E-state index contributed by atoms with van der Waals surface area (Å²) in [5.41, 5.74) is 3.01. The average Bonchev–Trinajstić information content (AvgIpc) is 3.29. The molecule has 134 valence electrons. The van der Waals surface area contributed by atoms with Crippen LogP contribution in [0.3, 0.4) is 0 Å². The summed E-state index contributed by atoms with van der Waals surface area (Å²) in [5, 5.41) is 7.49. The van der Waals surface area contributed by atoms with Crippen LogP contribution in [-0.2, 0) is 6.42 Å². The number of carbonyl (C=O) groups excluding carboxylic acids is 1. The summed E-state index contributed by atoms with van der Waals surface area (Å²) in [7, 11) is 0. The number of nitrogens with one attached hydrogen (secondary N) is 1. The molecule has 2 heterocycles. The monoisotopic (exact) mass is 375 g/mol. The lowest BCUT2D eigenvalue weighted by molar-refractivity contribution is 0.102. The Morgan fingerprint density at radius 2 is 1.78 bits per heavy atom. The van der Waals surface area contributed by atoms with Crippen LogP contribution in [0, 0.1) is 6.92 Å². The molecule has 0 aliphatic rings. The van der Waals surface area contributed by atoms with Gasteiger partial charge in [0.05, 0.1) is 0 Å². The maximum atomic E-state index is 12.8. The Balaban J connectivity index is 1.53. The van der Waals surface area contributed by atoms with Crippen LogP contribution in [0.15, 0.2) is 71.4 Å². The summed E-state index contributed by atoms with van der Waals surface area (Å²) in [6, 6.07) is 19.7. The molecule has 2 aromatic carbocycles. The second kappa shape index (κ2) is 7.55. The Kier molecular flexibility index (Phi) is 4.80. The third-order valence-electron chi connectivity index (χ3n) is 4.13. The van der Waals surface area contributed by atoms with Crippen molar-refractivity contribution in [3.8, 4) is 11.3 Å². The van der Waals surface area contributed by atoms with E-state index in [2.05, 4.69) is 27.6 Å². The molecule has 0 radical (unpaired) electrons. The summed E-state index contributed by atoms with van der Waals surface area (Å²) in [6.07, 6.45) is 2.59. The number of hydrogen-bond acceptors (Lipinski definition) is 5. The number of anilines is 1. The summed E-state index contributed by atoms with van der Waals surface area (Å²) < 4.78 is 5.27. The molecule has 0 bridgehead atoms. The number of aryl methyl sites for hydroxylation is 1. The molecule has 0 saturated carbocycles. The molecular formula is C21H17N3O2S. The number of rotatable bonds is 5. The molecule has 6 heteroatoms. The van der Waals surface area contributed by atoms with Crippen LogP contribution in [0.25, 0.3) is 11.3 Å². The SMILES string of the molecule is Cc1onc(-c2ccccc2)c1C(=O)Nc1ncc(Cc2ccccc2)s1. The van der Waals surface area contributed by atoms with Gasteiger partial charge in [0.25, 0.3) is 5.91 Å². The topological polar surface area (TPSA) is 68.0 Å². The van der Waals surface area contributed by atoms with Crippen molar-refractivity contribution in [1.82, 2.24) is 10.1 Å². The highest BCUT2D eigenvalue weighted by Crippen LogP contribution is 2.27. The van der Waals surface area contributed by atoms with Crippen LogP contribution in [0.5, 0.6) is 0 Å². The van der Waals surface area contributed by atoms with Gasteiger partial charge in [0, 0.05) is 23.1 Å². The Morgan fingerprint density at radius 1 is 1.07 bits per heavy atom. The lowest BCUT2D eigenvalue weighted by Gasteiger charge is -2.03. The minimum atomic E-state index is -0.270. The van der Waals surface area contributed by atoms with E-state index in [1.165, 1.54) is 16.9 Å². The molecule has 1 amide bonds. The second-order valence-electron chi connectivity index (χ2n) is 6.08. The highest BCUT2D eigenvalue weighted by Gasteiger charge is 2.22. The van der Waals surface area contributed by atoms with Crippen LogP contribution in [-0.4, -0.2) is 16.0 Å². The maximum Gasteiger partial charge on any atom is 0.263 e. The summed E-state index contributed by atoms with van der Waals surface area (Å²) in [4.78, 5) is 18.2. The molecule has 5 nitrogen and oxygen atoms in total. The van der Waals surface area contributed by atoms with E-state index in [-0.39, 0.29) is 5.91 Å². The Bertz CT molecular complexity index is 1060. The van der Waals surface area contributed by atoms with E-state index in [4.69, 9.17) is 4.52 Å². The van der Waals surface area contributed by atoms with Gasteiger partial charge >= 0.3 is 0 Å². The third kappa shape index (κ3) is 3.80. The van der Waals surface area contributed by atoms with Crippen molar-refractivity contribution in [2.24, 2.45) is 0 Å². The largest absolute Gasteiger partial charge is 0.360 e. The molecule has 4 rings (SSSR count). The minimum Gasteiger partial charge on any atom is -0.360 e. The molecule has 27 heavy (non-hydrogen) atoms. The average molecular weight is 375 g/mol. The van der Waals surface area contributed by atoms with E-state index in [0.29, 0.717) is 22.1 Å². The number of aromatic nitrogens is 2. The van der Waals surface area contributed by atoms with E-state index in [1.807, 2.05) is 48.5 Å². The van der Waals surface area contributed by atoms with Gasteiger partial charge in [-0.15, -0.1) is 11.3 Å². The fourth-order valence-corrected chi connectivity index (χ4v) is 3.68. The second-order valence-corrected chi connectivity index (χ2v) is 7.19. The Morgan fingerprint density at radius 3 is 2.52 bits per heavy atom. The lowest BCUT2D eigenvalue weighted by Crippen LogP contribution is -2.13. The van der Waals surface area contributed by atoms with Gasteiger partial charge in [-0.1, -0.05) is 65.8 Å². The van der Waals surface area contributed by atoms with E-state index >= 15 is 0 Å². The van der Waals surface area contributed by atoms with E-state index in [1.54, 1.807) is 13.1 Å². The number of hydrogen-bond donors (Lipinski definition) is 1. The summed E-state index contributed by atoms with van der Waals surface area (Å²) >= 11 is 1.47. The molecule has 0 unspecified atom stereocenters. The lowest BCUT2D eigenvalue weighted by atomic mass is 10.1. The first-order valence-electron chi connectivity index (χ1n) is 8.52. The summed E-state index contributed by atoms with van der Waals surface area (Å²) in [5.74, 6) is 0.209. The van der Waals surface area contributed by atoms with Crippen molar-refractivity contribution in [2.45, 2.75) is 13.3 Å². The highest BCUT2D eigenvalue weighted by molar-refractivity contribution is 7.15. The highest BCUT2D eigenvalue weighted by atomic mass is 32.1. The molecule has 0 fully saturated rings. The van der Waals surface area contributed by atoms with Gasteiger partial charge in [-0.2, -0.15) is 0 Å². The van der Waals surface area contributed by atoms with Crippen molar-refractivity contribution in [2.75, 3.05) is 5.32 Å². The fourth-order valence-electron chi connectivity index (χ4n) is 2.84. The maximum absolute atomic E-state index is 12.8. The van der Waals surface area contributed by atoms with Gasteiger partial charge < -0.3 is 4.52 Å². The van der Waals surface area contributed by atoms with Crippen LogP contribution < -0.4 is 5.32 Å². The van der Waals surface area contributed by atoms with Gasteiger partial charge in [0.2, 0.25) is 0 Å². The number of amides is 1. The molecule has 0 aliphatic carbocycles. The van der Waals surface area contributed by atoms with Gasteiger partial charge in [-0.3, -0.25) is 10.1 Å². The van der Waals surface area contributed by atoms with Crippen molar-refractivity contribution < 1.29 is 9.32 Å². The minimum absolute atomic E-state index is 0.270. The standard InChI is InChI=1S/C21H17N3O2S/c1-14-18(19(24-26-14)16-10-6-3-7-11-16)20(25)23-21-22-13-17(27-21)12-15-8-4-2-5-9-15/h2-11,13H,12H2,1H3,(H,22,23,25). The molecule has 2 aromatic heterocycles. The fraction of sp³-hybridized carbons (Fsp3) is 0.0952. The number of thiazole rings is 1. The van der Waals surface area contributed by atoms with Crippen LogP contribution in [0.1, 0.15) is 26.6 Å². The first-order valence-corrected chi connectivity index (χ1v) is 9.34. The number of nitrogens with zero attached hydrogens (tertiary/aromatic N) is 2. The van der Waals surface area contributed by atoms with E-state index in [9.17, 15) is 4.79 Å². The van der Waals surface area contributed by atoms with Crippen molar-refractivity contribution >= 4 is 22.4 Å². The first-order chi connectivity index (χ1) is 13.2. The smallest absolute Gasteiger partial charge is 0.263 e. The zero-order chi connectivity index (χ0) is 18.6. The van der Waals surface area contributed by atoms with Gasteiger partial charge in [-0.25, -0.2) is 4.98 Å². The molecule has 0 spiro atoms. The molecule has 0 aliphatic heterocycles. The summed E-state index contributed by atoms with van der Waals surface area (Å²) in [6.45, 7) is 1.73. The Labute approximate surface area is 160 Å². The number of benzene rings is 2. The van der Waals surface area contributed by atoms with Gasteiger partial charge in [0.15, 0.2) is 5.13 Å². The predicted molar refractivity (Wildman–Crippen MR) is 106 cm³/mol. The zero-order valence-corrected chi connectivity index (χ0v) is 15.5. The first kappa shape index (κ1) is 17.2. The molecule has 4 aromatic rings. The van der Waals surface area contributed by atoms with Gasteiger partial charge in [0.1, 0.15) is 17.0 Å². The third-order valence-corrected chi connectivity index (χ3v) is 5.04. The normalized spacial score (nSPS) is 10.7. The predicted octanol–water partition coefficient (Wildman–Crippen LogP) is 4.95. The van der Waals surface area contributed by atoms with Crippen molar-refractivity contribution in [1.29, 1.82) is 0 Å². The molecule has 0 saturated heterocycles. The van der Waals surface area contributed by atoms with Crippen LogP contribution in [0.4, 0.5) is 5.13 Å². The van der Waals surface area contributed by atoms with Crippen molar-refractivity contribution in [3.63, 3.8) is 0 Å². The quantitative estimate of drug-likeness (QED) is 0.536. The Hall–Kier alpha value is -3.25. The molecule has 1 N–H and O–H groups in total. The number of carbonyl (C=O) groups is 1. The zero-order valence-electron chi connectivity index (χ0n) is 14.7.